The molecule has 0 aliphatic heterocycles. The highest BCUT2D eigenvalue weighted by Crippen LogP contribution is 2.63. The van der Waals surface area contributed by atoms with Crippen LogP contribution in [0.2, 0.25) is 0 Å². The van der Waals surface area contributed by atoms with E-state index < -0.39 is 5.91 Å². The van der Waals surface area contributed by atoms with Crippen LogP contribution in [0.1, 0.15) is 135 Å². The number of unbranched alkanes of at least 4 members (excludes halogenated alkanes) is 3. The summed E-state index contributed by atoms with van der Waals surface area (Å²) in [5.74, 6) is 0.134. The van der Waals surface area contributed by atoms with Crippen LogP contribution in [0.4, 0.5) is 0 Å². The van der Waals surface area contributed by atoms with Crippen molar-refractivity contribution in [1.29, 1.82) is 0 Å². The maximum absolute atomic E-state index is 13.4. The molecule has 5 rings (SSSR count). The molecule has 0 radical (unpaired) electrons. The van der Waals surface area contributed by atoms with Gasteiger partial charge in [0.1, 0.15) is 0 Å². The molecule has 4 N–H and O–H groups in total. The summed E-state index contributed by atoms with van der Waals surface area (Å²) in [5, 5.41) is 13.7. The van der Waals surface area contributed by atoms with Crippen LogP contribution < -0.4 is 11.2 Å². The van der Waals surface area contributed by atoms with Gasteiger partial charge in [0, 0.05) is 18.4 Å². The Balaban J connectivity index is 1.36. The summed E-state index contributed by atoms with van der Waals surface area (Å²) < 4.78 is 1.95. The third-order valence-electron chi connectivity index (χ3n) is 9.88. The van der Waals surface area contributed by atoms with Crippen molar-refractivity contribution in [3.05, 3.63) is 46.3 Å². The van der Waals surface area contributed by atoms with E-state index in [9.17, 15) is 14.4 Å². The number of nitrogens with one attached hydrogen (secondary N) is 1. The van der Waals surface area contributed by atoms with Crippen LogP contribution in [0.15, 0.2) is 18.2 Å². The standard InChI is InChI=1S/C33H46N4O4/c1-32(2)20-27-30(28(38)21-32)26(10-6-3-4-7-11-29(39)36-41)35-37(27)24-14-15-25(31(34)40)22(18-24)12-13-23-19-33(23)16-8-5-9-17-33/h14-15,18,23,41H,3-13,16-17,19-21H2,1-2H3,(H2,34,40)(H,36,39)/t23-/m1/s1. The van der Waals surface area contributed by atoms with E-state index in [-0.39, 0.29) is 17.1 Å². The predicted octanol–water partition coefficient (Wildman–Crippen LogP) is 6.03. The number of hydrogen-bond acceptors (Lipinski definition) is 5. The topological polar surface area (TPSA) is 127 Å². The molecule has 3 aliphatic rings. The molecule has 1 aromatic carbocycles. The molecule has 2 saturated carbocycles. The lowest BCUT2D eigenvalue weighted by Crippen LogP contribution is -2.28. The zero-order valence-electron chi connectivity index (χ0n) is 24.8. The molecule has 0 saturated heterocycles. The monoisotopic (exact) mass is 562 g/mol. The van der Waals surface area contributed by atoms with Crippen molar-refractivity contribution in [2.24, 2.45) is 22.5 Å². The minimum atomic E-state index is -0.398. The molecule has 222 valence electrons. The Labute approximate surface area is 243 Å². The van der Waals surface area contributed by atoms with Gasteiger partial charge in [-0.15, -0.1) is 0 Å². The number of aryl methyl sites for hydroxylation is 2. The van der Waals surface area contributed by atoms with Crippen molar-refractivity contribution in [2.75, 3.05) is 0 Å². The molecule has 0 bridgehead atoms. The van der Waals surface area contributed by atoms with E-state index >= 15 is 0 Å². The van der Waals surface area contributed by atoms with E-state index in [0.29, 0.717) is 36.7 Å². The fourth-order valence-electron chi connectivity index (χ4n) is 7.60. The fourth-order valence-corrected chi connectivity index (χ4v) is 7.60. The van der Waals surface area contributed by atoms with Crippen LogP contribution in [0.3, 0.4) is 0 Å². The highest BCUT2D eigenvalue weighted by Gasteiger charge is 2.52. The largest absolute Gasteiger partial charge is 0.366 e. The van der Waals surface area contributed by atoms with Gasteiger partial charge in [0.05, 0.1) is 22.6 Å². The number of primary amides is 1. The average molecular weight is 563 g/mol. The van der Waals surface area contributed by atoms with E-state index in [1.165, 1.54) is 38.5 Å². The van der Waals surface area contributed by atoms with Crippen LogP contribution in [0, 0.1) is 16.7 Å². The summed E-state index contributed by atoms with van der Waals surface area (Å²) in [5.41, 5.74) is 12.9. The zero-order chi connectivity index (χ0) is 29.2. The molecule has 2 amide bonds. The van der Waals surface area contributed by atoms with E-state index in [4.69, 9.17) is 16.0 Å². The first-order valence-electron chi connectivity index (χ1n) is 15.6. The van der Waals surface area contributed by atoms with Crippen molar-refractivity contribution in [3.63, 3.8) is 0 Å². The van der Waals surface area contributed by atoms with Gasteiger partial charge in [-0.2, -0.15) is 5.10 Å². The highest BCUT2D eigenvalue weighted by atomic mass is 16.5. The zero-order valence-corrected chi connectivity index (χ0v) is 24.8. The number of benzene rings is 1. The third-order valence-corrected chi connectivity index (χ3v) is 9.88. The SMILES string of the molecule is CC1(C)CC(=O)c2c(CCCCCCC(=O)NO)nn(-c3ccc(C(N)=O)c(CC[C@@H]4CC45CCCCC5)c3)c2C1. The number of carbonyl (C=O) groups is 3. The van der Waals surface area contributed by atoms with E-state index in [0.717, 1.165) is 72.6 Å². The van der Waals surface area contributed by atoms with Gasteiger partial charge in [-0.1, -0.05) is 46.0 Å². The molecule has 2 fully saturated rings. The van der Waals surface area contributed by atoms with Crippen molar-refractivity contribution in [2.45, 2.75) is 117 Å². The van der Waals surface area contributed by atoms with Gasteiger partial charge in [-0.3, -0.25) is 19.6 Å². The Morgan fingerprint density at radius 1 is 1.07 bits per heavy atom. The van der Waals surface area contributed by atoms with E-state index in [1.807, 2.05) is 16.8 Å². The summed E-state index contributed by atoms with van der Waals surface area (Å²) >= 11 is 0. The smallest absolute Gasteiger partial charge is 0.248 e. The van der Waals surface area contributed by atoms with Gasteiger partial charge >= 0.3 is 0 Å². The minimum Gasteiger partial charge on any atom is -0.366 e. The molecule has 3 aliphatic carbocycles. The second-order valence-corrected chi connectivity index (χ2v) is 13.6. The number of ketones is 1. The molecule has 1 spiro atoms. The van der Waals surface area contributed by atoms with Gasteiger partial charge in [0.25, 0.3) is 0 Å². The quantitative estimate of drug-likeness (QED) is 0.165. The van der Waals surface area contributed by atoms with Gasteiger partial charge in [-0.05, 0) is 98.3 Å². The Morgan fingerprint density at radius 3 is 2.56 bits per heavy atom. The highest BCUT2D eigenvalue weighted by molar-refractivity contribution is 6.00. The van der Waals surface area contributed by atoms with E-state index in [1.54, 1.807) is 5.48 Å². The summed E-state index contributed by atoms with van der Waals surface area (Å²) in [4.78, 5) is 37.0. The number of hydrogen-bond donors (Lipinski definition) is 3. The molecule has 8 nitrogen and oxygen atoms in total. The average Bonchev–Trinajstić information content (AvgIpc) is 3.46. The van der Waals surface area contributed by atoms with Gasteiger partial charge in [0.15, 0.2) is 5.78 Å². The second-order valence-electron chi connectivity index (χ2n) is 13.6. The predicted molar refractivity (Wildman–Crippen MR) is 157 cm³/mol. The molecule has 1 heterocycles. The number of nitrogens with two attached hydrogens (primary N) is 1. The van der Waals surface area contributed by atoms with Crippen molar-refractivity contribution < 1.29 is 19.6 Å². The molecule has 8 heteroatoms. The number of nitrogens with zero attached hydrogens (tertiary/aromatic N) is 2. The lowest BCUT2D eigenvalue weighted by molar-refractivity contribution is -0.129. The molecule has 0 unspecified atom stereocenters. The summed E-state index contributed by atoms with van der Waals surface area (Å²) in [6.45, 7) is 4.26. The first-order valence-corrected chi connectivity index (χ1v) is 15.6. The van der Waals surface area contributed by atoms with Gasteiger partial charge in [0.2, 0.25) is 11.8 Å². The number of rotatable bonds is 12. The Morgan fingerprint density at radius 2 is 1.83 bits per heavy atom. The van der Waals surface area contributed by atoms with Crippen LogP contribution in [0.5, 0.6) is 0 Å². The van der Waals surface area contributed by atoms with E-state index in [2.05, 4.69) is 19.9 Å². The molecule has 1 atom stereocenters. The number of fused-ring (bicyclic) bond motifs is 1. The maximum atomic E-state index is 13.4. The fraction of sp³-hybridized carbons (Fsp3) is 0.636. The first kappa shape index (κ1) is 29.5. The Kier molecular flexibility index (Phi) is 8.69. The van der Waals surface area contributed by atoms with Gasteiger partial charge < -0.3 is 5.73 Å². The van der Waals surface area contributed by atoms with Crippen LogP contribution in [0.25, 0.3) is 5.69 Å². The number of aromatic nitrogens is 2. The number of carbonyl (C=O) groups excluding carboxylic acids is 3. The van der Waals surface area contributed by atoms with Crippen molar-refractivity contribution >= 4 is 17.6 Å². The number of amides is 2. The molecule has 2 aromatic rings. The minimum absolute atomic E-state index is 0.150. The Bertz CT molecular complexity index is 1300. The third kappa shape index (κ3) is 6.58. The normalized spacial score (nSPS) is 20.6. The van der Waals surface area contributed by atoms with Crippen LogP contribution in [-0.4, -0.2) is 32.6 Å². The summed E-state index contributed by atoms with van der Waals surface area (Å²) in [7, 11) is 0. The Hall–Kier alpha value is -3.00. The first-order chi connectivity index (χ1) is 19.6. The lowest BCUT2D eigenvalue weighted by atomic mass is 9.75. The number of hydroxylamine groups is 1. The van der Waals surface area contributed by atoms with Crippen LogP contribution in [-0.2, 0) is 24.1 Å². The lowest BCUT2D eigenvalue weighted by Gasteiger charge is -2.29. The molecule has 1 aromatic heterocycles. The summed E-state index contributed by atoms with van der Waals surface area (Å²) in [6, 6.07) is 5.83. The molecular weight excluding hydrogens is 516 g/mol. The van der Waals surface area contributed by atoms with Crippen molar-refractivity contribution in [3.8, 4) is 5.69 Å². The molecule has 41 heavy (non-hydrogen) atoms. The van der Waals surface area contributed by atoms with Gasteiger partial charge in [-0.25, -0.2) is 10.2 Å². The van der Waals surface area contributed by atoms with Crippen LogP contribution >= 0.6 is 0 Å². The molecular formula is C33H46N4O4. The number of Topliss-reactive ketones (excluding diaryl/α,β-unsaturated/α-hetero) is 1. The van der Waals surface area contributed by atoms with Crippen molar-refractivity contribution in [1.82, 2.24) is 15.3 Å². The summed E-state index contributed by atoms with van der Waals surface area (Å²) in [6.07, 6.45) is 15.6. The maximum Gasteiger partial charge on any atom is 0.248 e. The second kappa shape index (κ2) is 12.1.